The van der Waals surface area contributed by atoms with Gasteiger partial charge in [-0.2, -0.15) is 0 Å². The zero-order valence-electron chi connectivity index (χ0n) is 12.6. The molecule has 1 aliphatic heterocycles. The highest BCUT2D eigenvalue weighted by Gasteiger charge is 2.28. The summed E-state index contributed by atoms with van der Waals surface area (Å²) in [6, 6.07) is 21.9. The molecule has 0 saturated carbocycles. The molecular weight excluding hydrogens is 292 g/mol. The molecule has 112 valence electrons. The SMILES string of the molecule is O[SiH3].c1ccc([SiH](c2ccccc2)C2CCCCO2)cc1. The first kappa shape index (κ1) is 16.2. The molecule has 21 heavy (non-hydrogen) atoms. The summed E-state index contributed by atoms with van der Waals surface area (Å²) in [7, 11) is -0.948. The Balaban J connectivity index is 0.000000774. The van der Waals surface area contributed by atoms with Crippen LogP contribution in [0.4, 0.5) is 0 Å². The zero-order valence-corrected chi connectivity index (χ0v) is 15.8. The smallest absolute Gasteiger partial charge is 0.141 e. The summed E-state index contributed by atoms with van der Waals surface area (Å²) in [6.45, 7) is 0.938. The van der Waals surface area contributed by atoms with Crippen molar-refractivity contribution < 1.29 is 9.53 Å². The molecule has 2 nitrogen and oxygen atoms in total. The third kappa shape index (κ3) is 4.38. The van der Waals surface area contributed by atoms with Gasteiger partial charge in [0.25, 0.3) is 0 Å². The number of benzene rings is 2. The van der Waals surface area contributed by atoms with Gasteiger partial charge in [0.2, 0.25) is 0 Å². The Hall–Kier alpha value is -1.21. The van der Waals surface area contributed by atoms with E-state index in [1.807, 2.05) is 0 Å². The number of hydrogen-bond donors (Lipinski definition) is 1. The minimum Gasteiger partial charge on any atom is -0.442 e. The van der Waals surface area contributed by atoms with E-state index < -0.39 is 8.80 Å². The van der Waals surface area contributed by atoms with Gasteiger partial charge in [-0.3, -0.25) is 0 Å². The van der Waals surface area contributed by atoms with Gasteiger partial charge >= 0.3 is 0 Å². The highest BCUT2D eigenvalue weighted by molar-refractivity contribution is 6.86. The van der Waals surface area contributed by atoms with Crippen molar-refractivity contribution in [2.75, 3.05) is 6.61 Å². The number of hydrogen-bond acceptors (Lipinski definition) is 2. The fourth-order valence-corrected chi connectivity index (χ4v) is 6.39. The quantitative estimate of drug-likeness (QED) is 0.831. The van der Waals surface area contributed by atoms with Crippen LogP contribution < -0.4 is 10.4 Å². The van der Waals surface area contributed by atoms with Crippen LogP contribution >= 0.6 is 0 Å². The molecule has 0 amide bonds. The van der Waals surface area contributed by atoms with Crippen LogP contribution in [0, 0.1) is 0 Å². The molecular formula is C17H24O2Si2. The molecule has 0 bridgehead atoms. The lowest BCUT2D eigenvalue weighted by Crippen LogP contribution is -2.53. The van der Waals surface area contributed by atoms with Crippen molar-refractivity contribution in [2.45, 2.75) is 25.0 Å². The van der Waals surface area contributed by atoms with Crippen LogP contribution in [0.5, 0.6) is 0 Å². The summed E-state index contributed by atoms with van der Waals surface area (Å²) in [5.41, 5.74) is 0.457. The summed E-state index contributed by atoms with van der Waals surface area (Å²) in [4.78, 5) is 7.14. The van der Waals surface area contributed by atoms with Gasteiger partial charge in [-0.15, -0.1) is 0 Å². The standard InChI is InChI=1S/C17H20OSi.H4OSi/c1-3-9-15(10-4-1)19(16-11-5-2-6-12-16)17-13-7-8-14-18-17;1-2/h1-6,9-12,17,19H,7-8,13-14H2;1H,2H3. The van der Waals surface area contributed by atoms with E-state index in [1.165, 1.54) is 29.6 Å². The molecule has 0 aliphatic carbocycles. The first-order valence-electron chi connectivity index (χ1n) is 7.61. The first-order valence-corrected chi connectivity index (χ1v) is 10.3. The minimum atomic E-state index is -1.25. The van der Waals surface area contributed by atoms with Crippen molar-refractivity contribution in [1.29, 1.82) is 0 Å². The lowest BCUT2D eigenvalue weighted by Gasteiger charge is -2.30. The van der Waals surface area contributed by atoms with Gasteiger partial charge in [0.1, 0.15) is 19.3 Å². The Morgan fingerprint density at radius 3 is 1.81 bits per heavy atom. The molecule has 1 fully saturated rings. The van der Waals surface area contributed by atoms with Crippen molar-refractivity contribution >= 4 is 29.7 Å². The molecule has 1 N–H and O–H groups in total. The molecule has 1 saturated heterocycles. The van der Waals surface area contributed by atoms with Gasteiger partial charge < -0.3 is 9.53 Å². The zero-order chi connectivity index (χ0) is 14.9. The highest BCUT2D eigenvalue weighted by Crippen LogP contribution is 2.15. The van der Waals surface area contributed by atoms with Crippen LogP contribution in [0.1, 0.15) is 19.3 Å². The van der Waals surface area contributed by atoms with Crippen molar-refractivity contribution in [1.82, 2.24) is 0 Å². The molecule has 2 aromatic carbocycles. The lowest BCUT2D eigenvalue weighted by molar-refractivity contribution is 0.0644. The molecule has 0 spiro atoms. The Bertz CT molecular complexity index is 459. The van der Waals surface area contributed by atoms with Crippen LogP contribution in [-0.2, 0) is 4.74 Å². The largest absolute Gasteiger partial charge is 0.442 e. The Kier molecular flexibility index (Phi) is 6.89. The van der Waals surface area contributed by atoms with E-state index in [2.05, 4.69) is 60.7 Å². The number of ether oxygens (including phenoxy) is 1. The summed E-state index contributed by atoms with van der Waals surface area (Å²) in [5.74, 6) is 0. The Morgan fingerprint density at radius 1 is 0.857 bits per heavy atom. The van der Waals surface area contributed by atoms with Crippen LogP contribution in [0.15, 0.2) is 60.7 Å². The van der Waals surface area contributed by atoms with Crippen LogP contribution in [0.3, 0.4) is 0 Å². The van der Waals surface area contributed by atoms with Gasteiger partial charge in [-0.05, 0) is 19.3 Å². The molecule has 3 rings (SSSR count). The third-order valence-electron chi connectivity index (χ3n) is 3.90. The van der Waals surface area contributed by atoms with E-state index >= 15 is 0 Å². The maximum Gasteiger partial charge on any atom is 0.141 e. The molecule has 1 unspecified atom stereocenters. The predicted octanol–water partition coefficient (Wildman–Crippen LogP) is 0.395. The molecule has 0 aromatic heterocycles. The Labute approximate surface area is 131 Å². The topological polar surface area (TPSA) is 29.5 Å². The van der Waals surface area contributed by atoms with E-state index in [-0.39, 0.29) is 0 Å². The fourth-order valence-electron chi connectivity index (χ4n) is 2.97. The van der Waals surface area contributed by atoms with Gasteiger partial charge in [-0.1, -0.05) is 71.0 Å². The molecule has 1 heterocycles. The molecule has 2 aromatic rings. The van der Waals surface area contributed by atoms with Crippen molar-refractivity contribution in [3.8, 4) is 0 Å². The number of rotatable bonds is 3. The highest BCUT2D eigenvalue weighted by atomic mass is 28.3. The van der Waals surface area contributed by atoms with Crippen LogP contribution in [-0.4, -0.2) is 36.4 Å². The average Bonchev–Trinajstić information content (AvgIpc) is 2.60. The molecule has 4 heteroatoms. The summed E-state index contributed by atoms with van der Waals surface area (Å²) < 4.78 is 6.11. The second-order valence-electron chi connectivity index (χ2n) is 5.20. The van der Waals surface area contributed by atoms with Crippen LogP contribution in [0.25, 0.3) is 0 Å². The normalized spacial score (nSPS) is 18.1. The molecule has 0 radical (unpaired) electrons. The van der Waals surface area contributed by atoms with E-state index in [4.69, 9.17) is 9.53 Å². The van der Waals surface area contributed by atoms with Gasteiger partial charge in [0.05, 0.1) is 5.73 Å². The first-order chi connectivity index (χ1) is 10.4. The summed E-state index contributed by atoms with van der Waals surface area (Å²) in [5, 5.41) is 3.00. The molecule has 1 atom stereocenters. The minimum absolute atomic E-state index is 0.306. The monoisotopic (exact) mass is 316 g/mol. The van der Waals surface area contributed by atoms with Crippen molar-refractivity contribution in [3.63, 3.8) is 0 Å². The van der Waals surface area contributed by atoms with Gasteiger partial charge in [-0.25, -0.2) is 0 Å². The summed E-state index contributed by atoms with van der Waals surface area (Å²) >= 11 is 0. The van der Waals surface area contributed by atoms with Crippen LogP contribution in [0.2, 0.25) is 0 Å². The third-order valence-corrected chi connectivity index (χ3v) is 7.38. The van der Waals surface area contributed by atoms with E-state index in [1.54, 1.807) is 0 Å². The maximum atomic E-state index is 7.14. The second-order valence-corrected chi connectivity index (χ2v) is 8.24. The molecule has 1 aliphatic rings. The van der Waals surface area contributed by atoms with E-state index in [0.717, 1.165) is 6.61 Å². The summed E-state index contributed by atoms with van der Waals surface area (Å²) in [6.07, 6.45) is 3.76. The second kappa shape index (κ2) is 8.94. The van der Waals surface area contributed by atoms with E-state index in [0.29, 0.717) is 16.2 Å². The Morgan fingerprint density at radius 2 is 1.38 bits per heavy atom. The lowest BCUT2D eigenvalue weighted by atomic mass is 10.2. The van der Waals surface area contributed by atoms with Crippen molar-refractivity contribution in [2.24, 2.45) is 0 Å². The average molecular weight is 317 g/mol. The predicted molar refractivity (Wildman–Crippen MR) is 95.0 cm³/mol. The fraction of sp³-hybridized carbons (Fsp3) is 0.294. The van der Waals surface area contributed by atoms with Gasteiger partial charge in [0, 0.05) is 6.61 Å². The maximum absolute atomic E-state index is 7.14. The van der Waals surface area contributed by atoms with Gasteiger partial charge in [0.15, 0.2) is 0 Å². The van der Waals surface area contributed by atoms with Crippen molar-refractivity contribution in [3.05, 3.63) is 60.7 Å². The van der Waals surface area contributed by atoms with E-state index in [9.17, 15) is 0 Å².